The summed E-state index contributed by atoms with van der Waals surface area (Å²) < 4.78 is 0. The van der Waals surface area contributed by atoms with Crippen molar-refractivity contribution < 1.29 is 4.79 Å². The third-order valence-corrected chi connectivity index (χ3v) is 2.49. The smallest absolute Gasteiger partial charge is 0.148 e. The van der Waals surface area contributed by atoms with Gasteiger partial charge in [-0.3, -0.25) is 10.5 Å². The van der Waals surface area contributed by atoms with E-state index in [-0.39, 0.29) is 12.3 Å². The SMILES string of the molecule is [NH]CC(=O)CCC1CCNCC1. The summed E-state index contributed by atoms with van der Waals surface area (Å²) in [7, 11) is 0. The zero-order valence-corrected chi connectivity index (χ0v) is 7.44. The van der Waals surface area contributed by atoms with Gasteiger partial charge in [-0.2, -0.15) is 0 Å². The molecule has 0 amide bonds. The Bertz CT molecular complexity index is 141. The molecule has 1 rings (SSSR count). The van der Waals surface area contributed by atoms with Crippen LogP contribution in [0.25, 0.3) is 0 Å². The molecule has 0 aromatic carbocycles. The van der Waals surface area contributed by atoms with Crippen LogP contribution in [0.15, 0.2) is 0 Å². The number of carbonyl (C=O) groups excluding carboxylic acids is 1. The van der Waals surface area contributed by atoms with Crippen LogP contribution in [0, 0.1) is 5.92 Å². The molecule has 3 heteroatoms. The van der Waals surface area contributed by atoms with Crippen molar-refractivity contribution in [2.45, 2.75) is 25.7 Å². The summed E-state index contributed by atoms with van der Waals surface area (Å²) in [5.41, 5.74) is 6.86. The minimum atomic E-state index is -0.0367. The molecule has 1 aliphatic rings. The molecular formula is C9H17N2O. The Kier molecular flexibility index (Phi) is 4.25. The van der Waals surface area contributed by atoms with Gasteiger partial charge in [0.25, 0.3) is 0 Å². The molecule has 0 aliphatic carbocycles. The van der Waals surface area contributed by atoms with E-state index in [1.807, 2.05) is 0 Å². The summed E-state index contributed by atoms with van der Waals surface area (Å²) in [5.74, 6) is 0.815. The topological polar surface area (TPSA) is 52.9 Å². The van der Waals surface area contributed by atoms with Gasteiger partial charge in [0.05, 0.1) is 6.54 Å². The normalized spacial score (nSPS) is 19.4. The predicted molar refractivity (Wildman–Crippen MR) is 47.8 cm³/mol. The maximum absolute atomic E-state index is 10.9. The molecule has 1 saturated heterocycles. The second-order valence-corrected chi connectivity index (χ2v) is 3.45. The minimum Gasteiger partial charge on any atom is -0.317 e. The lowest BCUT2D eigenvalue weighted by molar-refractivity contribution is -0.118. The van der Waals surface area contributed by atoms with Crippen molar-refractivity contribution in [3.05, 3.63) is 0 Å². The molecule has 69 valence electrons. The largest absolute Gasteiger partial charge is 0.317 e. The van der Waals surface area contributed by atoms with Crippen LogP contribution in [0.5, 0.6) is 0 Å². The average molecular weight is 169 g/mol. The Morgan fingerprint density at radius 3 is 2.67 bits per heavy atom. The van der Waals surface area contributed by atoms with Gasteiger partial charge >= 0.3 is 0 Å². The van der Waals surface area contributed by atoms with Gasteiger partial charge in [-0.1, -0.05) is 0 Å². The van der Waals surface area contributed by atoms with Crippen molar-refractivity contribution >= 4 is 5.78 Å². The van der Waals surface area contributed by atoms with E-state index in [4.69, 9.17) is 5.73 Å². The highest BCUT2D eigenvalue weighted by Gasteiger charge is 2.13. The van der Waals surface area contributed by atoms with Gasteiger partial charge in [-0.15, -0.1) is 0 Å². The van der Waals surface area contributed by atoms with E-state index in [0.717, 1.165) is 25.4 Å². The van der Waals surface area contributed by atoms with Gasteiger partial charge in [0.15, 0.2) is 0 Å². The average Bonchev–Trinajstić information content (AvgIpc) is 2.16. The van der Waals surface area contributed by atoms with Crippen LogP contribution in [0.1, 0.15) is 25.7 Å². The summed E-state index contributed by atoms with van der Waals surface area (Å²) in [6, 6.07) is 0. The standard InChI is InChI=1S/C9H17N2O/c10-7-9(12)2-1-8-3-5-11-6-4-8/h8,10-11H,1-7H2. The first-order valence-electron chi connectivity index (χ1n) is 4.70. The Hall–Kier alpha value is -0.410. The summed E-state index contributed by atoms with van der Waals surface area (Å²) in [6.45, 7) is 2.16. The molecular weight excluding hydrogens is 152 g/mol. The van der Waals surface area contributed by atoms with Crippen molar-refractivity contribution in [2.24, 2.45) is 5.92 Å². The molecule has 12 heavy (non-hydrogen) atoms. The molecule has 0 unspecified atom stereocenters. The van der Waals surface area contributed by atoms with Crippen LogP contribution in [-0.4, -0.2) is 25.4 Å². The highest BCUT2D eigenvalue weighted by molar-refractivity contribution is 5.79. The molecule has 0 aromatic heterocycles. The minimum absolute atomic E-state index is 0.0367. The molecule has 1 fully saturated rings. The molecule has 0 atom stereocenters. The van der Waals surface area contributed by atoms with Crippen molar-refractivity contribution in [2.75, 3.05) is 19.6 Å². The number of carbonyl (C=O) groups is 1. The number of rotatable bonds is 4. The number of nitrogens with one attached hydrogen (secondary N) is 2. The zero-order valence-electron chi connectivity index (χ0n) is 7.44. The molecule has 1 radical (unpaired) electrons. The quantitative estimate of drug-likeness (QED) is 0.670. The molecule has 0 aromatic rings. The molecule has 2 N–H and O–H groups in total. The van der Waals surface area contributed by atoms with Gasteiger partial charge in [0, 0.05) is 6.42 Å². The Labute approximate surface area is 73.7 Å². The lowest BCUT2D eigenvalue weighted by Crippen LogP contribution is -2.28. The number of ketones is 1. The van der Waals surface area contributed by atoms with Crippen molar-refractivity contribution in [1.82, 2.24) is 11.1 Å². The van der Waals surface area contributed by atoms with E-state index >= 15 is 0 Å². The number of hydrogen-bond donors (Lipinski definition) is 1. The summed E-state index contributed by atoms with van der Waals surface area (Å²) in [5, 5.41) is 3.29. The van der Waals surface area contributed by atoms with Gasteiger partial charge in [0.2, 0.25) is 0 Å². The van der Waals surface area contributed by atoms with E-state index in [0.29, 0.717) is 6.42 Å². The zero-order chi connectivity index (χ0) is 8.81. The third kappa shape index (κ3) is 3.32. The van der Waals surface area contributed by atoms with E-state index in [2.05, 4.69) is 5.32 Å². The van der Waals surface area contributed by atoms with Gasteiger partial charge in [-0.25, -0.2) is 0 Å². The summed E-state index contributed by atoms with van der Waals surface area (Å²) in [6.07, 6.45) is 4.02. The van der Waals surface area contributed by atoms with Crippen LogP contribution < -0.4 is 11.1 Å². The van der Waals surface area contributed by atoms with Crippen LogP contribution in [0.2, 0.25) is 0 Å². The second-order valence-electron chi connectivity index (χ2n) is 3.45. The highest BCUT2D eigenvalue weighted by atomic mass is 16.1. The van der Waals surface area contributed by atoms with Crippen LogP contribution in [-0.2, 0) is 4.79 Å². The fraction of sp³-hybridized carbons (Fsp3) is 0.889. The first-order valence-corrected chi connectivity index (χ1v) is 4.70. The van der Waals surface area contributed by atoms with Gasteiger partial charge < -0.3 is 5.32 Å². The van der Waals surface area contributed by atoms with E-state index in [1.165, 1.54) is 12.8 Å². The fourth-order valence-electron chi connectivity index (χ4n) is 1.62. The molecule has 1 aliphatic heterocycles. The maximum atomic E-state index is 10.9. The molecule has 0 spiro atoms. The van der Waals surface area contributed by atoms with Crippen LogP contribution in [0.3, 0.4) is 0 Å². The summed E-state index contributed by atoms with van der Waals surface area (Å²) >= 11 is 0. The Morgan fingerprint density at radius 2 is 2.08 bits per heavy atom. The monoisotopic (exact) mass is 169 g/mol. The Morgan fingerprint density at radius 1 is 1.42 bits per heavy atom. The number of hydrogen-bond acceptors (Lipinski definition) is 2. The molecule has 3 nitrogen and oxygen atoms in total. The summed E-state index contributed by atoms with van der Waals surface area (Å²) in [4.78, 5) is 10.9. The van der Waals surface area contributed by atoms with Crippen molar-refractivity contribution in [3.63, 3.8) is 0 Å². The van der Waals surface area contributed by atoms with E-state index in [1.54, 1.807) is 0 Å². The highest BCUT2D eigenvalue weighted by Crippen LogP contribution is 2.17. The predicted octanol–water partition coefficient (Wildman–Crippen LogP) is 0.618. The molecule has 0 bridgehead atoms. The van der Waals surface area contributed by atoms with Gasteiger partial charge in [0.1, 0.15) is 5.78 Å². The lowest BCUT2D eigenvalue weighted by atomic mass is 9.92. The second kappa shape index (κ2) is 5.27. The van der Waals surface area contributed by atoms with Crippen molar-refractivity contribution in [1.29, 1.82) is 0 Å². The Balaban J connectivity index is 2.09. The fourth-order valence-corrected chi connectivity index (χ4v) is 1.62. The molecule has 0 saturated carbocycles. The van der Waals surface area contributed by atoms with Crippen LogP contribution in [0.4, 0.5) is 0 Å². The maximum Gasteiger partial charge on any atom is 0.148 e. The third-order valence-electron chi connectivity index (χ3n) is 2.49. The first kappa shape index (κ1) is 9.68. The molecule has 1 heterocycles. The van der Waals surface area contributed by atoms with Crippen molar-refractivity contribution in [3.8, 4) is 0 Å². The number of piperidine rings is 1. The first-order chi connectivity index (χ1) is 5.83. The van der Waals surface area contributed by atoms with E-state index < -0.39 is 0 Å². The number of Topliss-reactive ketones (excluding diaryl/α,β-unsaturated/α-hetero) is 1. The lowest BCUT2D eigenvalue weighted by Gasteiger charge is -2.21. The van der Waals surface area contributed by atoms with Crippen LogP contribution >= 0.6 is 0 Å². The van der Waals surface area contributed by atoms with Gasteiger partial charge in [-0.05, 0) is 38.3 Å². The van der Waals surface area contributed by atoms with E-state index in [9.17, 15) is 4.79 Å².